The largest absolute Gasteiger partial charge is 0.586 e. The molecule has 0 saturated heterocycles. The van der Waals surface area contributed by atoms with Gasteiger partial charge in [-0.05, 0) is 25.0 Å². The summed E-state index contributed by atoms with van der Waals surface area (Å²) in [6.07, 6.45) is 0.667. The predicted molar refractivity (Wildman–Crippen MR) is 67.0 cm³/mol. The summed E-state index contributed by atoms with van der Waals surface area (Å²) in [4.78, 5) is 4.43. The highest BCUT2D eigenvalue weighted by Crippen LogP contribution is 2.42. The van der Waals surface area contributed by atoms with E-state index >= 15 is 0 Å². The molecule has 1 aromatic carbocycles. The fourth-order valence-electron chi connectivity index (χ4n) is 2.17. The molecular formula is C13H14F2N2O2. The van der Waals surface area contributed by atoms with Crippen molar-refractivity contribution in [1.29, 1.82) is 0 Å². The van der Waals surface area contributed by atoms with Gasteiger partial charge < -0.3 is 14.8 Å². The molecule has 0 bridgehead atoms. The number of benzene rings is 1. The van der Waals surface area contributed by atoms with Crippen LogP contribution in [-0.2, 0) is 0 Å². The lowest BCUT2D eigenvalue weighted by Gasteiger charge is -2.08. The van der Waals surface area contributed by atoms with Gasteiger partial charge in [-0.2, -0.15) is 0 Å². The highest BCUT2D eigenvalue weighted by Gasteiger charge is 2.43. The third-order valence-corrected chi connectivity index (χ3v) is 3.06. The molecule has 1 N–H and O–H groups in total. The maximum atomic E-state index is 12.9. The fourth-order valence-corrected chi connectivity index (χ4v) is 2.17. The van der Waals surface area contributed by atoms with E-state index in [1.165, 1.54) is 18.6 Å². The quantitative estimate of drug-likeness (QED) is 0.849. The van der Waals surface area contributed by atoms with Crippen LogP contribution in [0.1, 0.15) is 25.7 Å². The molecule has 2 aliphatic rings. The van der Waals surface area contributed by atoms with Gasteiger partial charge in [0.25, 0.3) is 0 Å². The van der Waals surface area contributed by atoms with E-state index in [9.17, 15) is 8.78 Å². The van der Waals surface area contributed by atoms with Gasteiger partial charge in [0.05, 0.1) is 0 Å². The van der Waals surface area contributed by atoms with Crippen molar-refractivity contribution in [1.82, 2.24) is 0 Å². The Balaban J connectivity index is 1.75. The van der Waals surface area contributed by atoms with Gasteiger partial charge in [-0.25, -0.2) is 0 Å². The van der Waals surface area contributed by atoms with E-state index in [0.717, 1.165) is 31.6 Å². The molecular weight excluding hydrogens is 254 g/mol. The number of fused-ring (bicyclic) bond motifs is 1. The number of halogens is 2. The number of hydrogen-bond acceptors (Lipinski definition) is 4. The molecule has 4 nitrogen and oxygen atoms in total. The zero-order valence-corrected chi connectivity index (χ0v) is 10.3. The van der Waals surface area contributed by atoms with Crippen molar-refractivity contribution in [3.63, 3.8) is 0 Å². The molecule has 0 saturated carbocycles. The van der Waals surface area contributed by atoms with Crippen molar-refractivity contribution in [2.24, 2.45) is 4.99 Å². The molecule has 0 spiro atoms. The minimum atomic E-state index is -3.57. The predicted octanol–water partition coefficient (Wildman–Crippen LogP) is 3.39. The molecule has 0 fully saturated rings. The van der Waals surface area contributed by atoms with Crippen LogP contribution in [0, 0.1) is 0 Å². The molecule has 19 heavy (non-hydrogen) atoms. The summed E-state index contributed by atoms with van der Waals surface area (Å²) in [6.45, 7) is 0.810. The molecule has 3 rings (SSSR count). The van der Waals surface area contributed by atoms with Crippen molar-refractivity contribution in [2.45, 2.75) is 32.0 Å². The molecule has 0 unspecified atom stereocenters. The third kappa shape index (κ3) is 2.77. The van der Waals surface area contributed by atoms with Crippen molar-refractivity contribution in [3.05, 3.63) is 18.2 Å². The summed E-state index contributed by atoms with van der Waals surface area (Å²) in [7, 11) is 0. The molecule has 2 aliphatic heterocycles. The molecule has 102 valence electrons. The lowest BCUT2D eigenvalue weighted by Crippen LogP contribution is -2.25. The second-order valence-corrected chi connectivity index (χ2v) is 4.59. The second kappa shape index (κ2) is 4.68. The van der Waals surface area contributed by atoms with E-state index in [1.54, 1.807) is 6.07 Å². The lowest BCUT2D eigenvalue weighted by atomic mass is 10.2. The van der Waals surface area contributed by atoms with E-state index < -0.39 is 6.29 Å². The number of hydrogen-bond donors (Lipinski definition) is 1. The van der Waals surface area contributed by atoms with Crippen LogP contribution in [-0.4, -0.2) is 18.7 Å². The third-order valence-electron chi connectivity index (χ3n) is 3.06. The Morgan fingerprint density at radius 2 is 1.95 bits per heavy atom. The minimum absolute atomic E-state index is 0.0456. The number of aliphatic imine (C=N–C) groups is 1. The summed E-state index contributed by atoms with van der Waals surface area (Å²) in [5, 5.41) is 3.15. The molecule has 0 radical (unpaired) electrons. The summed E-state index contributed by atoms with van der Waals surface area (Å²) in [5.74, 6) is 0.991. The highest BCUT2D eigenvalue weighted by atomic mass is 19.3. The molecule has 0 aromatic heterocycles. The summed E-state index contributed by atoms with van der Waals surface area (Å²) >= 11 is 0. The first kappa shape index (κ1) is 12.2. The monoisotopic (exact) mass is 268 g/mol. The standard InChI is InChI=1S/C13H14F2N2O2/c14-13(15)18-10-6-5-9(8-11(10)19-13)17-12-4-2-1-3-7-16-12/h5-6,8H,1-4,7H2,(H,16,17). The van der Waals surface area contributed by atoms with E-state index in [4.69, 9.17) is 0 Å². The Morgan fingerprint density at radius 1 is 1.11 bits per heavy atom. The number of nitrogens with one attached hydrogen (secondary N) is 1. The van der Waals surface area contributed by atoms with Crippen LogP contribution < -0.4 is 14.8 Å². The summed E-state index contributed by atoms with van der Waals surface area (Å²) in [5.41, 5.74) is 0.681. The van der Waals surface area contributed by atoms with Gasteiger partial charge in [-0.1, -0.05) is 6.42 Å². The highest BCUT2D eigenvalue weighted by molar-refractivity contribution is 5.95. The SMILES string of the molecule is FC1(F)Oc2ccc(NC3=NCCCCC3)cc2O1. The fraction of sp³-hybridized carbons (Fsp3) is 0.462. The van der Waals surface area contributed by atoms with Gasteiger partial charge in [-0.3, -0.25) is 4.99 Å². The van der Waals surface area contributed by atoms with Crippen molar-refractivity contribution >= 4 is 11.5 Å². The van der Waals surface area contributed by atoms with Crippen LogP contribution in [0.4, 0.5) is 14.5 Å². The first-order chi connectivity index (χ1) is 9.12. The van der Waals surface area contributed by atoms with Gasteiger partial charge in [0, 0.05) is 24.7 Å². The number of rotatable bonds is 1. The zero-order chi connectivity index (χ0) is 13.3. The lowest BCUT2D eigenvalue weighted by molar-refractivity contribution is -0.286. The Kier molecular flexibility index (Phi) is 3.00. The van der Waals surface area contributed by atoms with Crippen LogP contribution in [0.2, 0.25) is 0 Å². The Morgan fingerprint density at radius 3 is 2.84 bits per heavy atom. The van der Waals surface area contributed by atoms with Crippen molar-refractivity contribution in [3.8, 4) is 11.5 Å². The van der Waals surface area contributed by atoms with Crippen molar-refractivity contribution in [2.75, 3.05) is 11.9 Å². The van der Waals surface area contributed by atoms with Gasteiger partial charge in [-0.15, -0.1) is 8.78 Å². The van der Waals surface area contributed by atoms with E-state index in [-0.39, 0.29) is 11.5 Å². The van der Waals surface area contributed by atoms with Crippen molar-refractivity contribution < 1.29 is 18.3 Å². The van der Waals surface area contributed by atoms with Gasteiger partial charge in [0.2, 0.25) is 0 Å². The number of ether oxygens (including phenoxy) is 2. The normalized spacial score (nSPS) is 20.6. The number of amidine groups is 1. The number of anilines is 1. The number of nitrogens with zero attached hydrogens (tertiary/aromatic N) is 1. The summed E-state index contributed by atoms with van der Waals surface area (Å²) < 4.78 is 34.5. The second-order valence-electron chi connectivity index (χ2n) is 4.59. The number of alkyl halides is 2. The van der Waals surface area contributed by atoms with E-state index in [2.05, 4.69) is 19.8 Å². The van der Waals surface area contributed by atoms with Gasteiger partial charge in [0.1, 0.15) is 5.84 Å². The van der Waals surface area contributed by atoms with Crippen LogP contribution in [0.25, 0.3) is 0 Å². The molecule has 0 aliphatic carbocycles. The zero-order valence-electron chi connectivity index (χ0n) is 10.3. The molecule has 2 heterocycles. The van der Waals surface area contributed by atoms with E-state index in [1.807, 2.05) is 0 Å². The topological polar surface area (TPSA) is 42.8 Å². The maximum absolute atomic E-state index is 12.9. The Labute approximate surface area is 109 Å². The van der Waals surface area contributed by atoms with Crippen LogP contribution in [0.3, 0.4) is 0 Å². The molecule has 6 heteroatoms. The minimum Gasteiger partial charge on any atom is -0.395 e. The summed E-state index contributed by atoms with van der Waals surface area (Å²) in [6, 6.07) is 4.65. The smallest absolute Gasteiger partial charge is 0.395 e. The van der Waals surface area contributed by atoms with Gasteiger partial charge >= 0.3 is 6.29 Å². The first-order valence-electron chi connectivity index (χ1n) is 6.33. The Bertz CT molecular complexity index is 517. The van der Waals surface area contributed by atoms with Crippen LogP contribution in [0.15, 0.2) is 23.2 Å². The molecule has 0 amide bonds. The van der Waals surface area contributed by atoms with Gasteiger partial charge in [0.15, 0.2) is 11.5 Å². The first-order valence-corrected chi connectivity index (χ1v) is 6.33. The van der Waals surface area contributed by atoms with Crippen LogP contribution >= 0.6 is 0 Å². The average Bonchev–Trinajstić information content (AvgIpc) is 2.52. The van der Waals surface area contributed by atoms with Crippen LogP contribution in [0.5, 0.6) is 11.5 Å². The molecule has 1 aromatic rings. The van der Waals surface area contributed by atoms with E-state index in [0.29, 0.717) is 5.69 Å². The maximum Gasteiger partial charge on any atom is 0.586 e. The Hall–Kier alpha value is -1.85. The average molecular weight is 268 g/mol. The molecule has 0 atom stereocenters.